The fraction of sp³-hybridized carbons (Fsp3) is 0.333. The van der Waals surface area contributed by atoms with Gasteiger partial charge in [0.05, 0.1) is 19.8 Å². The lowest BCUT2D eigenvalue weighted by atomic mass is 10.1. The van der Waals surface area contributed by atoms with Gasteiger partial charge >= 0.3 is 0 Å². The van der Waals surface area contributed by atoms with Crippen molar-refractivity contribution in [1.29, 1.82) is 0 Å². The number of para-hydroxylation sites is 1. The number of benzene rings is 2. The van der Waals surface area contributed by atoms with Crippen LogP contribution in [0.2, 0.25) is 0 Å². The first-order valence-electron chi connectivity index (χ1n) is 9.13. The summed E-state index contributed by atoms with van der Waals surface area (Å²) in [6.07, 6.45) is 0. The van der Waals surface area contributed by atoms with Gasteiger partial charge in [-0.1, -0.05) is 36.4 Å². The Bertz CT molecular complexity index is 773. The number of anilines is 1. The highest BCUT2D eigenvalue weighted by atomic mass is 16.5. The zero-order chi connectivity index (χ0) is 19.1. The lowest BCUT2D eigenvalue weighted by Crippen LogP contribution is -2.39. The Hall–Kier alpha value is -2.86. The molecule has 0 radical (unpaired) electrons. The Labute approximate surface area is 159 Å². The van der Waals surface area contributed by atoms with Crippen LogP contribution >= 0.6 is 0 Å². The molecular weight excluding hydrogens is 342 g/mol. The summed E-state index contributed by atoms with van der Waals surface area (Å²) in [6.45, 7) is 3.60. The first-order chi connectivity index (χ1) is 13.1. The zero-order valence-electron chi connectivity index (χ0n) is 15.6. The Morgan fingerprint density at radius 2 is 1.70 bits per heavy atom. The number of nitrogens with zero attached hydrogens (tertiary/aromatic N) is 2. The van der Waals surface area contributed by atoms with E-state index >= 15 is 0 Å². The van der Waals surface area contributed by atoms with Gasteiger partial charge < -0.3 is 19.9 Å². The third-order valence-corrected chi connectivity index (χ3v) is 4.61. The number of amides is 2. The Kier molecular flexibility index (Phi) is 6.44. The summed E-state index contributed by atoms with van der Waals surface area (Å²) in [7, 11) is 1.76. The molecule has 1 fully saturated rings. The lowest BCUT2D eigenvalue weighted by Gasteiger charge is -2.31. The standard InChI is InChI=1S/C21H25N3O3/c1-23(20(25)15-22-21(26)17-7-3-2-4-8-17)16-18-9-5-6-10-19(18)24-11-13-27-14-12-24/h2-10H,11-16H2,1H3,(H,22,26). The highest BCUT2D eigenvalue weighted by Crippen LogP contribution is 2.22. The van der Waals surface area contributed by atoms with Crippen molar-refractivity contribution in [3.05, 3.63) is 65.7 Å². The van der Waals surface area contributed by atoms with Gasteiger partial charge in [0.15, 0.2) is 0 Å². The molecule has 2 aromatic carbocycles. The van der Waals surface area contributed by atoms with Crippen molar-refractivity contribution in [2.45, 2.75) is 6.54 Å². The molecule has 6 heteroatoms. The van der Waals surface area contributed by atoms with Gasteiger partial charge in [0.1, 0.15) is 0 Å². The number of hydrogen-bond donors (Lipinski definition) is 1. The molecule has 1 aliphatic heterocycles. The van der Waals surface area contributed by atoms with Gasteiger partial charge in [-0.3, -0.25) is 9.59 Å². The quantitative estimate of drug-likeness (QED) is 0.847. The molecule has 1 saturated heterocycles. The molecule has 2 amide bonds. The summed E-state index contributed by atoms with van der Waals surface area (Å²) in [5.41, 5.74) is 2.77. The molecule has 0 aromatic heterocycles. The van der Waals surface area contributed by atoms with E-state index in [1.54, 1.807) is 36.2 Å². The third-order valence-electron chi connectivity index (χ3n) is 4.61. The average molecular weight is 367 g/mol. The maximum absolute atomic E-state index is 12.4. The predicted molar refractivity (Wildman–Crippen MR) is 105 cm³/mol. The monoisotopic (exact) mass is 367 g/mol. The molecule has 3 rings (SSSR count). The molecule has 1 heterocycles. The van der Waals surface area contributed by atoms with Crippen molar-refractivity contribution in [2.24, 2.45) is 0 Å². The van der Waals surface area contributed by atoms with Crippen molar-refractivity contribution in [3.8, 4) is 0 Å². The molecule has 6 nitrogen and oxygen atoms in total. The van der Waals surface area contributed by atoms with E-state index < -0.39 is 0 Å². The Balaban J connectivity index is 1.57. The molecule has 27 heavy (non-hydrogen) atoms. The van der Waals surface area contributed by atoms with Gasteiger partial charge in [0.2, 0.25) is 5.91 Å². The van der Waals surface area contributed by atoms with Crippen LogP contribution in [-0.2, 0) is 16.1 Å². The van der Waals surface area contributed by atoms with Crippen molar-refractivity contribution in [1.82, 2.24) is 10.2 Å². The van der Waals surface area contributed by atoms with Crippen LogP contribution < -0.4 is 10.2 Å². The number of nitrogens with one attached hydrogen (secondary N) is 1. The van der Waals surface area contributed by atoms with Crippen LogP contribution in [0.3, 0.4) is 0 Å². The van der Waals surface area contributed by atoms with Crippen LogP contribution in [0.25, 0.3) is 0 Å². The second kappa shape index (κ2) is 9.19. The number of carbonyl (C=O) groups excluding carboxylic acids is 2. The minimum absolute atomic E-state index is 0.0239. The fourth-order valence-electron chi connectivity index (χ4n) is 3.08. The smallest absolute Gasteiger partial charge is 0.251 e. The molecule has 0 aliphatic carbocycles. The Morgan fingerprint density at radius 3 is 2.44 bits per heavy atom. The lowest BCUT2D eigenvalue weighted by molar-refractivity contribution is -0.129. The van der Waals surface area contributed by atoms with Crippen molar-refractivity contribution >= 4 is 17.5 Å². The normalized spacial score (nSPS) is 13.9. The maximum atomic E-state index is 12.4. The van der Waals surface area contributed by atoms with Crippen LogP contribution in [0.1, 0.15) is 15.9 Å². The van der Waals surface area contributed by atoms with Crippen LogP contribution in [0.15, 0.2) is 54.6 Å². The van der Waals surface area contributed by atoms with Crippen molar-refractivity contribution < 1.29 is 14.3 Å². The topological polar surface area (TPSA) is 61.9 Å². The van der Waals surface area contributed by atoms with E-state index in [9.17, 15) is 9.59 Å². The SMILES string of the molecule is CN(Cc1ccccc1N1CCOCC1)C(=O)CNC(=O)c1ccccc1. The second-order valence-corrected chi connectivity index (χ2v) is 6.53. The van der Waals surface area contributed by atoms with Gasteiger partial charge in [0.25, 0.3) is 5.91 Å². The van der Waals surface area contributed by atoms with Crippen LogP contribution in [0.4, 0.5) is 5.69 Å². The summed E-state index contributed by atoms with van der Waals surface area (Å²) >= 11 is 0. The molecule has 0 saturated carbocycles. The first kappa shape index (κ1) is 18.9. The molecule has 142 valence electrons. The molecular formula is C21H25N3O3. The van der Waals surface area contributed by atoms with E-state index in [1.165, 1.54) is 0 Å². The molecule has 0 unspecified atom stereocenters. The first-order valence-corrected chi connectivity index (χ1v) is 9.13. The summed E-state index contributed by atoms with van der Waals surface area (Å²) < 4.78 is 5.42. The van der Waals surface area contributed by atoms with Crippen molar-refractivity contribution in [3.63, 3.8) is 0 Å². The van der Waals surface area contributed by atoms with Gasteiger partial charge in [-0.15, -0.1) is 0 Å². The van der Waals surface area contributed by atoms with Crippen LogP contribution in [-0.4, -0.2) is 56.6 Å². The fourth-order valence-corrected chi connectivity index (χ4v) is 3.08. The summed E-state index contributed by atoms with van der Waals surface area (Å²) in [5, 5.41) is 2.69. The highest BCUT2D eigenvalue weighted by molar-refractivity contribution is 5.96. The minimum Gasteiger partial charge on any atom is -0.378 e. The number of likely N-dealkylation sites (N-methyl/N-ethyl adjacent to an activating group) is 1. The number of hydrogen-bond acceptors (Lipinski definition) is 4. The van der Waals surface area contributed by atoms with Crippen molar-refractivity contribution in [2.75, 3.05) is 44.8 Å². The minimum atomic E-state index is -0.244. The predicted octanol–water partition coefficient (Wildman–Crippen LogP) is 1.91. The Morgan fingerprint density at radius 1 is 1.04 bits per heavy atom. The molecule has 0 spiro atoms. The van der Waals surface area contributed by atoms with Gasteiger partial charge in [-0.25, -0.2) is 0 Å². The average Bonchev–Trinajstić information content (AvgIpc) is 2.73. The van der Waals surface area contributed by atoms with E-state index in [-0.39, 0.29) is 18.4 Å². The molecule has 1 aliphatic rings. The van der Waals surface area contributed by atoms with E-state index in [2.05, 4.69) is 16.3 Å². The van der Waals surface area contributed by atoms with Gasteiger partial charge in [-0.2, -0.15) is 0 Å². The molecule has 0 bridgehead atoms. The number of carbonyl (C=O) groups is 2. The maximum Gasteiger partial charge on any atom is 0.251 e. The molecule has 0 atom stereocenters. The summed E-state index contributed by atoms with van der Waals surface area (Å²) in [6, 6.07) is 17.0. The third kappa shape index (κ3) is 5.08. The summed E-state index contributed by atoms with van der Waals surface area (Å²) in [4.78, 5) is 28.5. The summed E-state index contributed by atoms with van der Waals surface area (Å²) in [5.74, 6) is -0.373. The highest BCUT2D eigenvalue weighted by Gasteiger charge is 2.17. The van der Waals surface area contributed by atoms with E-state index in [0.29, 0.717) is 25.3 Å². The molecule has 2 aromatic rings. The van der Waals surface area contributed by atoms with Gasteiger partial charge in [-0.05, 0) is 23.8 Å². The van der Waals surface area contributed by atoms with Gasteiger partial charge in [0, 0.05) is 37.9 Å². The number of ether oxygens (including phenoxy) is 1. The van der Waals surface area contributed by atoms with E-state index in [1.807, 2.05) is 24.3 Å². The number of rotatable bonds is 6. The van der Waals surface area contributed by atoms with Crippen LogP contribution in [0.5, 0.6) is 0 Å². The second-order valence-electron chi connectivity index (χ2n) is 6.53. The zero-order valence-corrected chi connectivity index (χ0v) is 15.6. The largest absolute Gasteiger partial charge is 0.378 e. The molecule has 1 N–H and O–H groups in total. The van der Waals surface area contributed by atoms with E-state index in [4.69, 9.17) is 4.74 Å². The number of morpholine rings is 1. The van der Waals surface area contributed by atoms with Crippen LogP contribution in [0, 0.1) is 0 Å². The van der Waals surface area contributed by atoms with E-state index in [0.717, 1.165) is 24.3 Å².